The van der Waals surface area contributed by atoms with Crippen LogP contribution in [0.15, 0.2) is 18.2 Å². The highest BCUT2D eigenvalue weighted by atomic mass is 35.5. The Labute approximate surface area is 101 Å². The molecule has 88 valence electrons. The third-order valence-corrected chi connectivity index (χ3v) is 5.53. The highest BCUT2D eigenvalue weighted by molar-refractivity contribution is 7.92. The molecule has 0 spiro atoms. The molecule has 0 amide bonds. The lowest BCUT2D eigenvalue weighted by Crippen LogP contribution is -2.19. The van der Waals surface area contributed by atoms with Gasteiger partial charge in [-0.3, -0.25) is 0 Å². The summed E-state index contributed by atoms with van der Waals surface area (Å²) < 4.78 is 23.4. The highest BCUT2D eigenvalue weighted by Gasteiger charge is 2.31. The van der Waals surface area contributed by atoms with Crippen molar-refractivity contribution >= 4 is 27.1 Å². The van der Waals surface area contributed by atoms with Gasteiger partial charge in [-0.25, -0.2) is 8.42 Å². The number of rotatable bonds is 2. The number of halogens is 1. The van der Waals surface area contributed by atoms with E-state index in [1.165, 1.54) is 0 Å². The molecule has 0 bridgehead atoms. The monoisotopic (exact) mass is 259 g/mol. The minimum atomic E-state index is -2.91. The van der Waals surface area contributed by atoms with Gasteiger partial charge < -0.3 is 5.73 Å². The molecule has 2 N–H and O–H groups in total. The van der Waals surface area contributed by atoms with Gasteiger partial charge >= 0.3 is 0 Å². The van der Waals surface area contributed by atoms with Gasteiger partial charge in [0.05, 0.1) is 11.0 Å². The van der Waals surface area contributed by atoms with E-state index in [2.05, 4.69) is 0 Å². The molecular weight excluding hydrogens is 246 g/mol. The molecule has 0 aromatic heterocycles. The Morgan fingerprint density at radius 3 is 2.81 bits per heavy atom. The second-order valence-electron chi connectivity index (χ2n) is 4.18. The number of benzene rings is 1. The third-order valence-electron chi connectivity index (χ3n) is 3.02. The number of anilines is 1. The van der Waals surface area contributed by atoms with E-state index in [1.807, 2.05) is 0 Å². The van der Waals surface area contributed by atoms with Crippen molar-refractivity contribution in [3.05, 3.63) is 28.8 Å². The topological polar surface area (TPSA) is 60.2 Å². The number of sulfone groups is 1. The highest BCUT2D eigenvalue weighted by Crippen LogP contribution is 2.27. The number of nitrogens with two attached hydrogens (primary N) is 1. The molecule has 1 aliphatic rings. The van der Waals surface area contributed by atoms with Crippen molar-refractivity contribution in [1.82, 2.24) is 0 Å². The molecule has 1 aromatic carbocycles. The van der Waals surface area contributed by atoms with E-state index in [-0.39, 0.29) is 5.25 Å². The van der Waals surface area contributed by atoms with E-state index in [0.29, 0.717) is 22.9 Å². The average Bonchev–Trinajstić information content (AvgIpc) is 2.52. The van der Waals surface area contributed by atoms with Crippen LogP contribution in [0.2, 0.25) is 5.02 Å². The van der Waals surface area contributed by atoms with Crippen LogP contribution in [0.4, 0.5) is 5.69 Å². The first-order valence-electron chi connectivity index (χ1n) is 5.24. The molecule has 16 heavy (non-hydrogen) atoms. The Morgan fingerprint density at radius 1 is 1.44 bits per heavy atom. The fraction of sp³-hybridized carbons (Fsp3) is 0.455. The standard InChI is InChI=1S/C11H14ClNO2S/c12-9-3-4-11(13)8(6-9)7-10-2-1-5-16(10,14)15/h3-4,6,10H,1-2,5,7,13H2. The second kappa shape index (κ2) is 4.26. The Bertz CT molecular complexity index is 499. The van der Waals surface area contributed by atoms with Crippen LogP contribution in [0.3, 0.4) is 0 Å². The first-order chi connectivity index (χ1) is 7.49. The first-order valence-corrected chi connectivity index (χ1v) is 7.34. The first kappa shape index (κ1) is 11.7. The normalized spacial score (nSPS) is 23.4. The molecule has 1 unspecified atom stereocenters. The fourth-order valence-corrected chi connectivity index (χ4v) is 4.14. The van der Waals surface area contributed by atoms with Crippen molar-refractivity contribution < 1.29 is 8.42 Å². The summed E-state index contributed by atoms with van der Waals surface area (Å²) in [4.78, 5) is 0. The Morgan fingerprint density at radius 2 is 2.19 bits per heavy atom. The summed E-state index contributed by atoms with van der Waals surface area (Å²) in [5, 5.41) is 0.313. The lowest BCUT2D eigenvalue weighted by atomic mass is 10.1. The minimum absolute atomic E-state index is 0.284. The van der Waals surface area contributed by atoms with Gasteiger partial charge in [0.25, 0.3) is 0 Å². The molecule has 1 heterocycles. The molecule has 1 aliphatic heterocycles. The smallest absolute Gasteiger partial charge is 0.153 e. The van der Waals surface area contributed by atoms with Gasteiger partial charge in [-0.15, -0.1) is 0 Å². The van der Waals surface area contributed by atoms with Gasteiger partial charge in [0.2, 0.25) is 0 Å². The minimum Gasteiger partial charge on any atom is -0.399 e. The van der Waals surface area contributed by atoms with Crippen molar-refractivity contribution in [3.63, 3.8) is 0 Å². The lowest BCUT2D eigenvalue weighted by Gasteiger charge is -2.11. The van der Waals surface area contributed by atoms with Gasteiger partial charge in [-0.05, 0) is 43.0 Å². The van der Waals surface area contributed by atoms with Crippen molar-refractivity contribution in [2.45, 2.75) is 24.5 Å². The number of nitrogen functional groups attached to an aromatic ring is 1. The van der Waals surface area contributed by atoms with Crippen LogP contribution in [0.1, 0.15) is 18.4 Å². The number of hydrogen-bond donors (Lipinski definition) is 1. The predicted octanol–water partition coefficient (Wildman–Crippen LogP) is 2.04. The van der Waals surface area contributed by atoms with E-state index in [1.54, 1.807) is 18.2 Å². The van der Waals surface area contributed by atoms with E-state index in [9.17, 15) is 8.42 Å². The summed E-state index contributed by atoms with van der Waals surface area (Å²) in [6.45, 7) is 0. The summed E-state index contributed by atoms with van der Waals surface area (Å²) in [5.74, 6) is 0.304. The van der Waals surface area contributed by atoms with Gasteiger partial charge in [-0.1, -0.05) is 11.6 Å². The van der Waals surface area contributed by atoms with E-state index in [4.69, 9.17) is 17.3 Å². The van der Waals surface area contributed by atoms with Gasteiger partial charge in [0.15, 0.2) is 9.84 Å². The average molecular weight is 260 g/mol. The zero-order valence-corrected chi connectivity index (χ0v) is 10.4. The van der Waals surface area contributed by atoms with Crippen LogP contribution in [0, 0.1) is 0 Å². The van der Waals surface area contributed by atoms with Crippen LogP contribution in [-0.2, 0) is 16.3 Å². The Kier molecular flexibility index (Phi) is 3.13. The summed E-state index contributed by atoms with van der Waals surface area (Å²) in [6, 6.07) is 5.19. The van der Waals surface area contributed by atoms with Crippen LogP contribution < -0.4 is 5.73 Å². The molecule has 1 aromatic rings. The molecule has 1 fully saturated rings. The third kappa shape index (κ3) is 2.33. The van der Waals surface area contributed by atoms with Gasteiger partial charge in [0.1, 0.15) is 0 Å². The van der Waals surface area contributed by atoms with Crippen LogP contribution in [-0.4, -0.2) is 19.4 Å². The van der Waals surface area contributed by atoms with Gasteiger partial charge in [0, 0.05) is 10.7 Å². The van der Waals surface area contributed by atoms with Crippen molar-refractivity contribution in [3.8, 4) is 0 Å². The molecule has 1 saturated heterocycles. The van der Waals surface area contributed by atoms with Crippen molar-refractivity contribution in [2.75, 3.05) is 11.5 Å². The molecule has 5 heteroatoms. The van der Waals surface area contributed by atoms with E-state index >= 15 is 0 Å². The van der Waals surface area contributed by atoms with Crippen molar-refractivity contribution in [1.29, 1.82) is 0 Å². The Balaban J connectivity index is 2.24. The molecule has 3 nitrogen and oxygen atoms in total. The molecule has 0 aliphatic carbocycles. The van der Waals surface area contributed by atoms with E-state index in [0.717, 1.165) is 18.4 Å². The summed E-state index contributed by atoms with van der Waals surface area (Å²) >= 11 is 5.87. The van der Waals surface area contributed by atoms with Crippen LogP contribution >= 0.6 is 11.6 Å². The zero-order chi connectivity index (χ0) is 11.8. The maximum Gasteiger partial charge on any atom is 0.153 e. The van der Waals surface area contributed by atoms with Crippen LogP contribution in [0.25, 0.3) is 0 Å². The quantitative estimate of drug-likeness (QED) is 0.827. The molecule has 2 rings (SSSR count). The van der Waals surface area contributed by atoms with Crippen molar-refractivity contribution in [2.24, 2.45) is 0 Å². The van der Waals surface area contributed by atoms with Gasteiger partial charge in [-0.2, -0.15) is 0 Å². The molecule has 0 radical (unpaired) electrons. The zero-order valence-electron chi connectivity index (χ0n) is 8.82. The summed E-state index contributed by atoms with van der Waals surface area (Å²) in [5.41, 5.74) is 7.26. The fourth-order valence-electron chi connectivity index (χ4n) is 2.08. The molecular formula is C11H14ClNO2S. The largest absolute Gasteiger partial charge is 0.399 e. The van der Waals surface area contributed by atoms with E-state index < -0.39 is 9.84 Å². The summed E-state index contributed by atoms with van der Waals surface area (Å²) in [7, 11) is -2.91. The second-order valence-corrected chi connectivity index (χ2v) is 7.02. The predicted molar refractivity (Wildman–Crippen MR) is 66.4 cm³/mol. The number of hydrogen-bond acceptors (Lipinski definition) is 3. The molecule has 0 saturated carbocycles. The SMILES string of the molecule is Nc1ccc(Cl)cc1CC1CCCS1(=O)=O. The summed E-state index contributed by atoms with van der Waals surface area (Å²) in [6.07, 6.45) is 1.97. The maximum atomic E-state index is 11.7. The molecule has 1 atom stereocenters. The maximum absolute atomic E-state index is 11.7. The lowest BCUT2D eigenvalue weighted by molar-refractivity contribution is 0.588. The van der Waals surface area contributed by atoms with Crippen LogP contribution in [0.5, 0.6) is 0 Å². The Hall–Kier alpha value is -0.740.